The van der Waals surface area contributed by atoms with E-state index in [1.165, 1.54) is 0 Å². The molecule has 4 heteroatoms. The number of benzene rings is 1. The molecule has 2 aromatic rings. The topological polar surface area (TPSA) is 57.8 Å². The quantitative estimate of drug-likeness (QED) is 0.825. The van der Waals surface area contributed by atoms with Crippen LogP contribution in [0.4, 0.5) is 5.82 Å². The Labute approximate surface area is 112 Å². The molecule has 0 aliphatic carbocycles. The second kappa shape index (κ2) is 6.41. The Morgan fingerprint density at radius 2 is 2.16 bits per heavy atom. The number of nitrogens with zero attached hydrogens (tertiary/aromatic N) is 1. The van der Waals surface area contributed by atoms with Crippen LogP contribution < -0.4 is 5.32 Å². The van der Waals surface area contributed by atoms with Crippen molar-refractivity contribution in [3.05, 3.63) is 47.7 Å². The van der Waals surface area contributed by atoms with E-state index in [-0.39, 0.29) is 5.91 Å². The molecule has 0 saturated heterocycles. The van der Waals surface area contributed by atoms with Crippen LogP contribution in [0.1, 0.15) is 24.6 Å². The first-order valence-electron chi connectivity index (χ1n) is 6.20. The van der Waals surface area contributed by atoms with Gasteiger partial charge in [-0.1, -0.05) is 37.5 Å². The number of H-pyrrole nitrogens is 1. The molecule has 1 heterocycles. The van der Waals surface area contributed by atoms with Crippen molar-refractivity contribution < 1.29 is 4.79 Å². The molecule has 0 unspecified atom stereocenters. The number of aryl methyl sites for hydroxylation is 1. The molecule has 0 spiro atoms. The van der Waals surface area contributed by atoms with Crippen LogP contribution in [0.15, 0.2) is 36.4 Å². The molecular weight excluding hydrogens is 238 g/mol. The minimum atomic E-state index is -0.363. The lowest BCUT2D eigenvalue weighted by atomic mass is 10.2. The van der Waals surface area contributed by atoms with Crippen molar-refractivity contribution in [3.63, 3.8) is 0 Å². The Hall–Kier alpha value is -2.54. The maximum Gasteiger partial charge on any atom is 0.301 e. The minimum Gasteiger partial charge on any atom is -0.298 e. The Balaban J connectivity index is 1.96. The number of nitrogens with one attached hydrogen (secondary N) is 2. The van der Waals surface area contributed by atoms with E-state index in [0.29, 0.717) is 5.82 Å². The van der Waals surface area contributed by atoms with Crippen molar-refractivity contribution in [1.29, 1.82) is 0 Å². The number of aromatic amines is 1. The zero-order chi connectivity index (χ0) is 13.5. The largest absolute Gasteiger partial charge is 0.301 e. The van der Waals surface area contributed by atoms with Gasteiger partial charge in [-0.05, 0) is 18.6 Å². The van der Waals surface area contributed by atoms with E-state index in [1.54, 1.807) is 0 Å². The van der Waals surface area contributed by atoms with E-state index in [2.05, 4.69) is 34.3 Å². The number of anilines is 1. The van der Waals surface area contributed by atoms with Crippen LogP contribution in [-0.4, -0.2) is 16.1 Å². The molecule has 1 aromatic heterocycles. The monoisotopic (exact) mass is 253 g/mol. The molecule has 0 saturated carbocycles. The number of amides is 1. The molecular formula is C15H15N3O. The molecule has 96 valence electrons. The fourth-order valence-corrected chi connectivity index (χ4v) is 1.62. The van der Waals surface area contributed by atoms with Gasteiger partial charge in [0.05, 0.1) is 0 Å². The summed E-state index contributed by atoms with van der Waals surface area (Å²) in [5.74, 6) is 5.48. The maximum atomic E-state index is 11.6. The summed E-state index contributed by atoms with van der Waals surface area (Å²) in [5.41, 5.74) is 1.82. The Bertz CT molecular complexity index is 605. The van der Waals surface area contributed by atoms with Crippen LogP contribution in [-0.2, 0) is 11.2 Å². The van der Waals surface area contributed by atoms with Gasteiger partial charge in [0.25, 0.3) is 0 Å². The molecule has 0 bridgehead atoms. The summed E-state index contributed by atoms with van der Waals surface area (Å²) in [6.07, 6.45) is 1.95. The van der Waals surface area contributed by atoms with Gasteiger partial charge in [-0.2, -0.15) is 5.10 Å². The average molecular weight is 253 g/mol. The Morgan fingerprint density at radius 1 is 1.37 bits per heavy atom. The molecule has 2 N–H and O–H groups in total. The van der Waals surface area contributed by atoms with Gasteiger partial charge in [0, 0.05) is 23.2 Å². The number of carbonyl (C=O) groups excluding carboxylic acids is 1. The summed E-state index contributed by atoms with van der Waals surface area (Å²) in [6, 6.07) is 11.2. The molecule has 0 atom stereocenters. The van der Waals surface area contributed by atoms with Crippen LogP contribution in [0.2, 0.25) is 0 Å². The zero-order valence-electron chi connectivity index (χ0n) is 10.7. The molecule has 4 nitrogen and oxygen atoms in total. The molecule has 0 radical (unpaired) electrons. The molecule has 0 fully saturated rings. The van der Waals surface area contributed by atoms with Crippen molar-refractivity contribution in [2.24, 2.45) is 0 Å². The Kier molecular flexibility index (Phi) is 4.35. The second-order valence-corrected chi connectivity index (χ2v) is 4.10. The van der Waals surface area contributed by atoms with Gasteiger partial charge in [-0.15, -0.1) is 0 Å². The first-order valence-corrected chi connectivity index (χ1v) is 6.20. The van der Waals surface area contributed by atoms with E-state index in [0.717, 1.165) is 24.1 Å². The van der Waals surface area contributed by atoms with Crippen LogP contribution in [0.3, 0.4) is 0 Å². The van der Waals surface area contributed by atoms with Gasteiger partial charge in [0.1, 0.15) is 0 Å². The van der Waals surface area contributed by atoms with Crippen molar-refractivity contribution in [3.8, 4) is 11.8 Å². The standard InChI is InChI=1S/C15H15N3O/c1-2-6-13-11-14(18-17-13)16-15(19)10-9-12-7-4-3-5-8-12/h3-5,7-8,11H,2,6H2,1H3,(H2,16,17,18,19). The van der Waals surface area contributed by atoms with E-state index in [4.69, 9.17) is 0 Å². The van der Waals surface area contributed by atoms with Crippen molar-refractivity contribution in [2.45, 2.75) is 19.8 Å². The minimum absolute atomic E-state index is 0.363. The summed E-state index contributed by atoms with van der Waals surface area (Å²) in [6.45, 7) is 2.09. The number of aromatic nitrogens is 2. The number of hydrogen-bond acceptors (Lipinski definition) is 2. The smallest absolute Gasteiger partial charge is 0.298 e. The summed E-state index contributed by atoms with van der Waals surface area (Å²) >= 11 is 0. The molecule has 1 aromatic carbocycles. The lowest BCUT2D eigenvalue weighted by Gasteiger charge is -1.92. The zero-order valence-corrected chi connectivity index (χ0v) is 10.7. The SMILES string of the molecule is CCCc1cc(NC(=O)C#Cc2ccccc2)n[nH]1. The Morgan fingerprint density at radius 3 is 2.89 bits per heavy atom. The van der Waals surface area contributed by atoms with Gasteiger partial charge < -0.3 is 0 Å². The normalized spacial score (nSPS) is 9.53. The first kappa shape index (κ1) is 12.9. The summed E-state index contributed by atoms with van der Waals surface area (Å²) in [7, 11) is 0. The van der Waals surface area contributed by atoms with Crippen LogP contribution in [0.5, 0.6) is 0 Å². The van der Waals surface area contributed by atoms with E-state index in [9.17, 15) is 4.79 Å². The fraction of sp³-hybridized carbons (Fsp3) is 0.200. The van der Waals surface area contributed by atoms with Gasteiger partial charge >= 0.3 is 5.91 Å². The lowest BCUT2D eigenvalue weighted by Crippen LogP contribution is -2.08. The molecule has 2 rings (SSSR count). The van der Waals surface area contributed by atoms with E-state index in [1.807, 2.05) is 36.4 Å². The highest BCUT2D eigenvalue weighted by atomic mass is 16.1. The summed E-state index contributed by atoms with van der Waals surface area (Å²) in [5, 5.41) is 9.51. The highest BCUT2D eigenvalue weighted by Gasteiger charge is 2.02. The molecule has 1 amide bonds. The number of hydrogen-bond donors (Lipinski definition) is 2. The van der Waals surface area contributed by atoms with Crippen molar-refractivity contribution >= 4 is 11.7 Å². The molecule has 19 heavy (non-hydrogen) atoms. The van der Waals surface area contributed by atoms with Crippen molar-refractivity contribution in [2.75, 3.05) is 5.32 Å². The lowest BCUT2D eigenvalue weighted by molar-refractivity contribution is -0.111. The number of carbonyl (C=O) groups is 1. The number of rotatable bonds is 3. The average Bonchev–Trinajstić information content (AvgIpc) is 2.85. The van der Waals surface area contributed by atoms with Crippen LogP contribution in [0, 0.1) is 11.8 Å². The van der Waals surface area contributed by atoms with Crippen molar-refractivity contribution in [1.82, 2.24) is 10.2 Å². The fourth-order valence-electron chi connectivity index (χ4n) is 1.62. The second-order valence-electron chi connectivity index (χ2n) is 4.10. The predicted molar refractivity (Wildman–Crippen MR) is 74.5 cm³/mol. The third-order valence-electron chi connectivity index (χ3n) is 2.49. The highest BCUT2D eigenvalue weighted by molar-refractivity contribution is 6.03. The third-order valence-corrected chi connectivity index (χ3v) is 2.49. The van der Waals surface area contributed by atoms with Gasteiger partial charge in [0.15, 0.2) is 5.82 Å². The highest BCUT2D eigenvalue weighted by Crippen LogP contribution is 2.06. The molecule has 0 aliphatic heterocycles. The van der Waals surface area contributed by atoms with Crippen LogP contribution in [0.25, 0.3) is 0 Å². The van der Waals surface area contributed by atoms with Gasteiger partial charge in [0.2, 0.25) is 0 Å². The third kappa shape index (κ3) is 4.00. The maximum absolute atomic E-state index is 11.6. The predicted octanol–water partition coefficient (Wildman–Crippen LogP) is 2.35. The summed E-state index contributed by atoms with van der Waals surface area (Å²) in [4.78, 5) is 11.6. The molecule has 0 aliphatic rings. The first-order chi connectivity index (χ1) is 9.28. The van der Waals surface area contributed by atoms with E-state index >= 15 is 0 Å². The van der Waals surface area contributed by atoms with Gasteiger partial charge in [-0.25, -0.2) is 0 Å². The summed E-state index contributed by atoms with van der Waals surface area (Å²) < 4.78 is 0. The van der Waals surface area contributed by atoms with Crippen LogP contribution >= 0.6 is 0 Å². The van der Waals surface area contributed by atoms with E-state index < -0.39 is 0 Å². The van der Waals surface area contributed by atoms with Gasteiger partial charge in [-0.3, -0.25) is 15.2 Å².